The van der Waals surface area contributed by atoms with Crippen LogP contribution in [0.4, 0.5) is 0 Å². The summed E-state index contributed by atoms with van der Waals surface area (Å²) in [6.07, 6.45) is 2.95. The second kappa shape index (κ2) is 7.93. The molecule has 1 atom stereocenters. The number of hydrogen-bond donors (Lipinski definition) is 0. The Morgan fingerprint density at radius 2 is 1.74 bits per heavy atom. The predicted octanol–water partition coefficient (Wildman–Crippen LogP) is 6.11. The number of fused-ring (bicyclic) bond motifs is 1. The number of carbonyl (C=O) groups is 1. The Bertz CT molecular complexity index is 992. The molecule has 134 valence electrons. The molecule has 4 rings (SSSR count). The second-order valence-electron chi connectivity index (χ2n) is 6.69. The summed E-state index contributed by atoms with van der Waals surface area (Å²) < 4.78 is 6.80. The maximum atomic E-state index is 12.4. The van der Waals surface area contributed by atoms with Gasteiger partial charge in [0.1, 0.15) is 5.76 Å². The number of benzene rings is 3. The average molecular weight is 419 g/mol. The van der Waals surface area contributed by atoms with Crippen molar-refractivity contribution in [2.75, 3.05) is 0 Å². The molecule has 0 N–H and O–H groups in total. The molecule has 1 aliphatic rings. The van der Waals surface area contributed by atoms with Crippen LogP contribution in [0.2, 0.25) is 0 Å². The Labute approximate surface area is 167 Å². The maximum Gasteiger partial charge on any atom is 0.315 e. The van der Waals surface area contributed by atoms with Crippen LogP contribution in [0.1, 0.15) is 34.6 Å². The minimum atomic E-state index is -0.222. The normalized spacial score (nSPS) is 15.6. The highest BCUT2D eigenvalue weighted by molar-refractivity contribution is 9.10. The lowest BCUT2D eigenvalue weighted by Crippen LogP contribution is -2.14. The van der Waals surface area contributed by atoms with E-state index >= 15 is 0 Å². The Hall–Kier alpha value is -2.65. The Morgan fingerprint density at radius 1 is 0.963 bits per heavy atom. The molecule has 0 saturated carbocycles. The summed E-state index contributed by atoms with van der Waals surface area (Å²) in [6.45, 7) is 0. The first-order chi connectivity index (χ1) is 13.2. The second-order valence-corrected chi connectivity index (χ2v) is 7.60. The fourth-order valence-corrected chi connectivity index (χ4v) is 3.96. The Morgan fingerprint density at radius 3 is 2.56 bits per heavy atom. The largest absolute Gasteiger partial charge is 0.431 e. The van der Waals surface area contributed by atoms with E-state index in [1.807, 2.05) is 54.6 Å². The van der Waals surface area contributed by atoms with Gasteiger partial charge in [0, 0.05) is 16.8 Å². The molecule has 27 heavy (non-hydrogen) atoms. The predicted molar refractivity (Wildman–Crippen MR) is 111 cm³/mol. The molecule has 3 aromatic rings. The highest BCUT2D eigenvalue weighted by atomic mass is 79.9. The molecule has 0 saturated heterocycles. The van der Waals surface area contributed by atoms with Gasteiger partial charge < -0.3 is 4.74 Å². The van der Waals surface area contributed by atoms with Gasteiger partial charge in [-0.15, -0.1) is 0 Å². The van der Waals surface area contributed by atoms with Gasteiger partial charge >= 0.3 is 5.97 Å². The van der Waals surface area contributed by atoms with Crippen LogP contribution >= 0.6 is 15.9 Å². The standard InChI is InChI=1S/C24H19BrO2/c25-20-11-6-10-18(14-20)23-16-21(15-19-9-4-5-12-22(19)23)27-24(26)13-17-7-2-1-3-8-17/h1-12,14-15,23H,13,16H2. The van der Waals surface area contributed by atoms with E-state index in [9.17, 15) is 4.79 Å². The van der Waals surface area contributed by atoms with E-state index in [0.717, 1.165) is 21.4 Å². The fourth-order valence-electron chi connectivity index (χ4n) is 3.54. The molecule has 0 amide bonds. The molecule has 3 heteroatoms. The Kier molecular flexibility index (Phi) is 5.21. The molecule has 1 unspecified atom stereocenters. The highest BCUT2D eigenvalue weighted by Gasteiger charge is 2.25. The van der Waals surface area contributed by atoms with E-state index in [2.05, 4.69) is 46.3 Å². The van der Waals surface area contributed by atoms with Crippen molar-refractivity contribution in [3.63, 3.8) is 0 Å². The molecule has 3 aromatic carbocycles. The van der Waals surface area contributed by atoms with Gasteiger partial charge in [-0.05, 0) is 40.5 Å². The summed E-state index contributed by atoms with van der Waals surface area (Å²) in [7, 11) is 0. The maximum absolute atomic E-state index is 12.4. The fraction of sp³-hybridized carbons (Fsp3) is 0.125. The SMILES string of the molecule is O=C(Cc1ccccc1)OC1=Cc2ccccc2C(c2cccc(Br)c2)C1. The highest BCUT2D eigenvalue weighted by Crippen LogP contribution is 2.39. The molecular weight excluding hydrogens is 400 g/mol. The van der Waals surface area contributed by atoms with Crippen LogP contribution in [0.15, 0.2) is 89.1 Å². The van der Waals surface area contributed by atoms with Crippen molar-refractivity contribution in [2.24, 2.45) is 0 Å². The molecular formula is C24H19BrO2. The summed E-state index contributed by atoms with van der Waals surface area (Å²) >= 11 is 3.56. The minimum absolute atomic E-state index is 0.170. The number of carbonyl (C=O) groups excluding carboxylic acids is 1. The number of hydrogen-bond acceptors (Lipinski definition) is 2. The third-order valence-electron chi connectivity index (χ3n) is 4.78. The molecule has 1 aliphatic carbocycles. The number of ether oxygens (including phenoxy) is 1. The van der Waals surface area contributed by atoms with Crippen molar-refractivity contribution in [3.05, 3.63) is 111 Å². The third kappa shape index (κ3) is 4.20. The van der Waals surface area contributed by atoms with Gasteiger partial charge in [0.05, 0.1) is 6.42 Å². The zero-order valence-electron chi connectivity index (χ0n) is 14.8. The van der Waals surface area contributed by atoms with Gasteiger partial charge in [0.2, 0.25) is 0 Å². The van der Waals surface area contributed by atoms with E-state index in [-0.39, 0.29) is 18.3 Å². The topological polar surface area (TPSA) is 26.3 Å². The van der Waals surface area contributed by atoms with Crippen molar-refractivity contribution in [3.8, 4) is 0 Å². The van der Waals surface area contributed by atoms with Crippen LogP contribution in [0.25, 0.3) is 6.08 Å². The average Bonchev–Trinajstić information content (AvgIpc) is 2.68. The van der Waals surface area contributed by atoms with E-state index in [1.54, 1.807) is 0 Å². The first-order valence-electron chi connectivity index (χ1n) is 8.98. The van der Waals surface area contributed by atoms with Crippen molar-refractivity contribution < 1.29 is 9.53 Å². The van der Waals surface area contributed by atoms with Crippen LogP contribution in [0.5, 0.6) is 0 Å². The van der Waals surface area contributed by atoms with E-state index in [0.29, 0.717) is 6.42 Å². The van der Waals surface area contributed by atoms with Crippen LogP contribution in [0, 0.1) is 0 Å². The molecule has 0 fully saturated rings. The molecule has 0 heterocycles. The first kappa shape index (κ1) is 17.7. The molecule has 0 radical (unpaired) electrons. The quantitative estimate of drug-likeness (QED) is 0.477. The van der Waals surface area contributed by atoms with Gasteiger partial charge in [-0.2, -0.15) is 0 Å². The summed E-state index contributed by atoms with van der Waals surface area (Å²) in [4.78, 5) is 12.4. The van der Waals surface area contributed by atoms with Gasteiger partial charge in [-0.3, -0.25) is 4.79 Å². The lowest BCUT2D eigenvalue weighted by atomic mass is 9.81. The number of esters is 1. The summed E-state index contributed by atoms with van der Waals surface area (Å²) in [5.74, 6) is 0.669. The van der Waals surface area contributed by atoms with Crippen LogP contribution in [0.3, 0.4) is 0 Å². The van der Waals surface area contributed by atoms with Crippen molar-refractivity contribution in [2.45, 2.75) is 18.8 Å². The van der Waals surface area contributed by atoms with Crippen LogP contribution < -0.4 is 0 Å². The molecule has 2 nitrogen and oxygen atoms in total. The minimum Gasteiger partial charge on any atom is -0.431 e. The summed E-state index contributed by atoms with van der Waals surface area (Å²) in [5.41, 5.74) is 4.54. The summed E-state index contributed by atoms with van der Waals surface area (Å²) in [5, 5.41) is 0. The lowest BCUT2D eigenvalue weighted by molar-refractivity contribution is -0.138. The van der Waals surface area contributed by atoms with Crippen molar-refractivity contribution in [1.29, 1.82) is 0 Å². The smallest absolute Gasteiger partial charge is 0.315 e. The van der Waals surface area contributed by atoms with E-state index in [4.69, 9.17) is 4.74 Å². The number of halogens is 1. The van der Waals surface area contributed by atoms with E-state index < -0.39 is 0 Å². The monoisotopic (exact) mass is 418 g/mol. The Balaban J connectivity index is 1.59. The molecule has 0 bridgehead atoms. The van der Waals surface area contributed by atoms with E-state index in [1.165, 1.54) is 11.1 Å². The van der Waals surface area contributed by atoms with Crippen LogP contribution in [-0.2, 0) is 16.0 Å². The molecule has 0 aliphatic heterocycles. The van der Waals surface area contributed by atoms with Gasteiger partial charge in [0.25, 0.3) is 0 Å². The van der Waals surface area contributed by atoms with Gasteiger partial charge in [0.15, 0.2) is 0 Å². The first-order valence-corrected chi connectivity index (χ1v) is 9.78. The zero-order valence-corrected chi connectivity index (χ0v) is 16.4. The molecule has 0 aromatic heterocycles. The van der Waals surface area contributed by atoms with Crippen LogP contribution in [-0.4, -0.2) is 5.97 Å². The van der Waals surface area contributed by atoms with Crippen molar-refractivity contribution in [1.82, 2.24) is 0 Å². The number of allylic oxidation sites excluding steroid dienone is 1. The third-order valence-corrected chi connectivity index (χ3v) is 5.27. The summed E-state index contributed by atoms with van der Waals surface area (Å²) in [6, 6.07) is 26.3. The molecule has 0 spiro atoms. The van der Waals surface area contributed by atoms with Gasteiger partial charge in [-0.1, -0.05) is 82.7 Å². The zero-order chi connectivity index (χ0) is 18.6. The lowest BCUT2D eigenvalue weighted by Gasteiger charge is -2.26. The van der Waals surface area contributed by atoms with Crippen molar-refractivity contribution >= 4 is 28.0 Å². The number of rotatable bonds is 4. The van der Waals surface area contributed by atoms with Gasteiger partial charge in [-0.25, -0.2) is 0 Å².